The first-order valence-electron chi connectivity index (χ1n) is 4.32. The molecule has 0 aromatic carbocycles. The van der Waals surface area contributed by atoms with Gasteiger partial charge >= 0.3 is 0 Å². The number of alkyl halides is 1. The Labute approximate surface area is 84.3 Å². The average Bonchev–Trinajstić information content (AvgIpc) is 2.10. The van der Waals surface area contributed by atoms with E-state index in [9.17, 15) is 4.79 Å². The van der Waals surface area contributed by atoms with Crippen LogP contribution in [0.1, 0.15) is 20.3 Å². The minimum atomic E-state index is -0.0920. The monoisotopic (exact) mass is 202 g/mol. The second-order valence-corrected chi connectivity index (χ2v) is 3.54. The normalized spacial score (nSPS) is 9.77. The van der Waals surface area contributed by atoms with Gasteiger partial charge in [-0.2, -0.15) is 5.26 Å². The van der Waals surface area contributed by atoms with Crippen LogP contribution in [0.5, 0.6) is 0 Å². The number of hydrogen-bond acceptors (Lipinski definition) is 2. The molecule has 0 saturated carbocycles. The summed E-state index contributed by atoms with van der Waals surface area (Å²) in [6, 6.07) is 2.01. The fraction of sp³-hybridized carbons (Fsp3) is 0.778. The van der Waals surface area contributed by atoms with Gasteiger partial charge < -0.3 is 4.90 Å². The summed E-state index contributed by atoms with van der Waals surface area (Å²) in [6.07, 6.45) is 0.370. The summed E-state index contributed by atoms with van der Waals surface area (Å²) in [5, 5.41) is 8.38. The molecule has 0 spiro atoms. The summed E-state index contributed by atoms with van der Waals surface area (Å²) in [7, 11) is 0. The quantitative estimate of drug-likeness (QED) is 0.636. The van der Waals surface area contributed by atoms with E-state index in [4.69, 9.17) is 16.9 Å². The first-order valence-corrected chi connectivity index (χ1v) is 4.86. The molecule has 0 aromatic rings. The molecule has 0 bridgehead atoms. The van der Waals surface area contributed by atoms with Crippen molar-refractivity contribution in [3.05, 3.63) is 0 Å². The molecule has 0 aliphatic heterocycles. The molecule has 0 saturated heterocycles. The second-order valence-electron chi connectivity index (χ2n) is 3.28. The van der Waals surface area contributed by atoms with Crippen molar-refractivity contribution in [1.82, 2.24) is 4.90 Å². The summed E-state index contributed by atoms with van der Waals surface area (Å²) in [5.74, 6) is 0.314. The molecular weight excluding hydrogens is 188 g/mol. The largest absolute Gasteiger partial charge is 0.340 e. The zero-order valence-electron chi connectivity index (χ0n) is 8.09. The minimum absolute atomic E-state index is 0.00184. The van der Waals surface area contributed by atoms with Gasteiger partial charge in [0.1, 0.15) is 5.88 Å². The van der Waals surface area contributed by atoms with Crippen LogP contribution in [0.4, 0.5) is 0 Å². The SMILES string of the molecule is CC(C)CN(CCC#N)C(=O)CCl. The van der Waals surface area contributed by atoms with Gasteiger partial charge in [-0.1, -0.05) is 13.8 Å². The van der Waals surface area contributed by atoms with Crippen molar-refractivity contribution in [2.45, 2.75) is 20.3 Å². The Morgan fingerprint density at radius 1 is 1.62 bits per heavy atom. The maximum atomic E-state index is 11.2. The van der Waals surface area contributed by atoms with Crippen LogP contribution in [-0.2, 0) is 4.79 Å². The Bertz CT molecular complexity index is 198. The third-order valence-electron chi connectivity index (χ3n) is 1.55. The highest BCUT2D eigenvalue weighted by Gasteiger charge is 2.12. The highest BCUT2D eigenvalue weighted by Crippen LogP contribution is 2.01. The van der Waals surface area contributed by atoms with Crippen LogP contribution in [0.15, 0.2) is 0 Å². The van der Waals surface area contributed by atoms with Crippen molar-refractivity contribution in [3.63, 3.8) is 0 Å². The number of carbonyl (C=O) groups is 1. The molecule has 3 nitrogen and oxygen atoms in total. The van der Waals surface area contributed by atoms with Gasteiger partial charge in [0.15, 0.2) is 0 Å². The number of nitrogens with zero attached hydrogens (tertiary/aromatic N) is 2. The third kappa shape index (κ3) is 5.48. The van der Waals surface area contributed by atoms with Crippen LogP contribution in [0.25, 0.3) is 0 Å². The van der Waals surface area contributed by atoms with Crippen molar-refractivity contribution in [2.75, 3.05) is 19.0 Å². The van der Waals surface area contributed by atoms with Gasteiger partial charge in [-0.3, -0.25) is 4.79 Å². The van der Waals surface area contributed by atoms with Gasteiger partial charge in [0.2, 0.25) is 5.91 Å². The van der Waals surface area contributed by atoms with E-state index in [1.165, 1.54) is 0 Å². The number of hydrogen-bond donors (Lipinski definition) is 0. The number of halogens is 1. The van der Waals surface area contributed by atoms with E-state index >= 15 is 0 Å². The standard InChI is InChI=1S/C9H15ClN2O/c1-8(2)7-12(5-3-4-11)9(13)6-10/h8H,3,5-7H2,1-2H3. The van der Waals surface area contributed by atoms with Gasteiger partial charge in [0.05, 0.1) is 12.5 Å². The second kappa shape index (κ2) is 6.73. The molecule has 0 atom stereocenters. The molecule has 0 N–H and O–H groups in total. The molecule has 4 heteroatoms. The van der Waals surface area contributed by atoms with Crippen LogP contribution in [0.2, 0.25) is 0 Å². The zero-order valence-corrected chi connectivity index (χ0v) is 8.84. The summed E-state index contributed by atoms with van der Waals surface area (Å²) in [4.78, 5) is 12.9. The lowest BCUT2D eigenvalue weighted by atomic mass is 10.2. The molecule has 0 heterocycles. The van der Waals surface area contributed by atoms with E-state index in [-0.39, 0.29) is 11.8 Å². The molecule has 1 amide bonds. The van der Waals surface area contributed by atoms with Gasteiger partial charge in [-0.05, 0) is 5.92 Å². The molecule has 0 aliphatic rings. The molecule has 0 fully saturated rings. The van der Waals surface area contributed by atoms with Crippen LogP contribution in [0.3, 0.4) is 0 Å². The van der Waals surface area contributed by atoms with Gasteiger partial charge in [-0.15, -0.1) is 11.6 Å². The number of amides is 1. The number of nitriles is 1. The first kappa shape index (κ1) is 12.2. The minimum Gasteiger partial charge on any atom is -0.340 e. The van der Waals surface area contributed by atoms with Gasteiger partial charge in [0.25, 0.3) is 0 Å². The van der Waals surface area contributed by atoms with E-state index in [0.717, 1.165) is 0 Å². The molecule has 0 unspecified atom stereocenters. The fourth-order valence-corrected chi connectivity index (χ4v) is 1.20. The molecule has 0 radical (unpaired) electrons. The molecular formula is C9H15ClN2O. The van der Waals surface area contributed by atoms with Crippen molar-refractivity contribution in [3.8, 4) is 6.07 Å². The van der Waals surface area contributed by atoms with Crippen LogP contribution < -0.4 is 0 Å². The first-order chi connectivity index (χ1) is 6.11. The zero-order chi connectivity index (χ0) is 10.3. The lowest BCUT2D eigenvalue weighted by Crippen LogP contribution is -2.35. The Morgan fingerprint density at radius 3 is 2.62 bits per heavy atom. The summed E-state index contributed by atoms with van der Waals surface area (Å²) in [6.45, 7) is 5.22. The number of carbonyl (C=O) groups excluding carboxylic acids is 1. The topological polar surface area (TPSA) is 44.1 Å². The molecule has 74 valence electrons. The van der Waals surface area contributed by atoms with Gasteiger partial charge in [-0.25, -0.2) is 0 Å². The predicted molar refractivity (Wildman–Crippen MR) is 52.4 cm³/mol. The summed E-state index contributed by atoms with van der Waals surface area (Å²) in [5.41, 5.74) is 0. The highest BCUT2D eigenvalue weighted by atomic mass is 35.5. The molecule has 0 aromatic heterocycles. The van der Waals surface area contributed by atoms with Crippen LogP contribution in [-0.4, -0.2) is 29.8 Å². The molecule has 0 rings (SSSR count). The summed E-state index contributed by atoms with van der Waals surface area (Å²) < 4.78 is 0. The average molecular weight is 203 g/mol. The lowest BCUT2D eigenvalue weighted by Gasteiger charge is -2.22. The number of rotatable bonds is 5. The lowest BCUT2D eigenvalue weighted by molar-refractivity contribution is -0.128. The highest BCUT2D eigenvalue weighted by molar-refractivity contribution is 6.27. The van der Waals surface area contributed by atoms with Crippen molar-refractivity contribution >= 4 is 17.5 Å². The van der Waals surface area contributed by atoms with Crippen LogP contribution >= 0.6 is 11.6 Å². The summed E-state index contributed by atoms with van der Waals surface area (Å²) >= 11 is 5.43. The van der Waals surface area contributed by atoms with E-state index in [0.29, 0.717) is 25.4 Å². The Balaban J connectivity index is 4.04. The van der Waals surface area contributed by atoms with E-state index in [2.05, 4.69) is 0 Å². The molecule has 0 aliphatic carbocycles. The Kier molecular flexibility index (Phi) is 6.34. The predicted octanol–water partition coefficient (Wildman–Crippen LogP) is 1.62. The van der Waals surface area contributed by atoms with E-state index in [1.54, 1.807) is 4.90 Å². The Hall–Kier alpha value is -0.750. The van der Waals surface area contributed by atoms with Crippen molar-refractivity contribution in [1.29, 1.82) is 5.26 Å². The molecule has 13 heavy (non-hydrogen) atoms. The fourth-order valence-electron chi connectivity index (χ4n) is 1.03. The van der Waals surface area contributed by atoms with Crippen molar-refractivity contribution in [2.24, 2.45) is 5.92 Å². The van der Waals surface area contributed by atoms with Crippen molar-refractivity contribution < 1.29 is 4.79 Å². The van der Waals surface area contributed by atoms with E-state index < -0.39 is 0 Å². The Morgan fingerprint density at radius 2 is 2.23 bits per heavy atom. The van der Waals surface area contributed by atoms with Crippen LogP contribution in [0, 0.1) is 17.2 Å². The van der Waals surface area contributed by atoms with Gasteiger partial charge in [0, 0.05) is 13.1 Å². The maximum absolute atomic E-state index is 11.2. The maximum Gasteiger partial charge on any atom is 0.237 e. The van der Waals surface area contributed by atoms with E-state index in [1.807, 2.05) is 19.9 Å². The third-order valence-corrected chi connectivity index (χ3v) is 1.77. The smallest absolute Gasteiger partial charge is 0.237 e.